The Bertz CT molecular complexity index is 1100. The molecule has 0 atom stereocenters. The summed E-state index contributed by atoms with van der Waals surface area (Å²) < 4.78 is 28.0. The first-order chi connectivity index (χ1) is 13.3. The predicted octanol–water partition coefficient (Wildman–Crippen LogP) is 3.43. The van der Waals surface area contributed by atoms with Crippen LogP contribution in [-0.4, -0.2) is 19.3 Å². The normalized spacial score (nSPS) is 11.1. The number of hydrogen-bond acceptors (Lipinski definition) is 4. The fourth-order valence-electron chi connectivity index (χ4n) is 2.71. The topological polar surface area (TPSA) is 88.2 Å². The van der Waals surface area contributed by atoms with E-state index in [4.69, 9.17) is 0 Å². The van der Waals surface area contributed by atoms with Crippen molar-refractivity contribution in [3.05, 3.63) is 89.2 Å². The fraction of sp³-hybridized carbons (Fsp3) is 0.143. The first-order valence-electron chi connectivity index (χ1n) is 8.73. The number of carbonyl (C=O) groups is 1. The van der Waals surface area contributed by atoms with Crippen molar-refractivity contribution in [3.63, 3.8) is 0 Å². The van der Waals surface area contributed by atoms with Crippen LogP contribution in [0.1, 0.15) is 27.2 Å². The van der Waals surface area contributed by atoms with Gasteiger partial charge < -0.3 is 5.32 Å². The van der Waals surface area contributed by atoms with E-state index in [2.05, 4.69) is 15.0 Å². The second-order valence-corrected chi connectivity index (χ2v) is 8.11. The average molecular weight is 395 g/mol. The van der Waals surface area contributed by atoms with E-state index >= 15 is 0 Å². The molecule has 0 fully saturated rings. The van der Waals surface area contributed by atoms with Crippen LogP contribution in [0.4, 0.5) is 5.69 Å². The van der Waals surface area contributed by atoms with Gasteiger partial charge in [0.15, 0.2) is 0 Å². The first kappa shape index (κ1) is 19.6. The molecule has 2 aromatic carbocycles. The minimum atomic E-state index is -3.76. The number of nitrogens with zero attached hydrogens (tertiary/aromatic N) is 1. The van der Waals surface area contributed by atoms with E-state index < -0.39 is 10.0 Å². The molecule has 7 heteroatoms. The van der Waals surface area contributed by atoms with E-state index in [1.165, 1.54) is 6.07 Å². The molecule has 3 rings (SSSR count). The van der Waals surface area contributed by atoms with E-state index in [1.54, 1.807) is 49.5 Å². The molecule has 0 unspecified atom stereocenters. The van der Waals surface area contributed by atoms with Crippen LogP contribution in [0.25, 0.3) is 0 Å². The van der Waals surface area contributed by atoms with Gasteiger partial charge in [0.05, 0.1) is 17.1 Å². The van der Waals surface area contributed by atoms with Gasteiger partial charge in [0.1, 0.15) is 0 Å². The molecule has 0 aliphatic rings. The number of anilines is 1. The summed E-state index contributed by atoms with van der Waals surface area (Å²) in [4.78, 5) is 16.8. The largest absolute Gasteiger partial charge is 0.346 e. The van der Waals surface area contributed by atoms with Crippen LogP contribution < -0.4 is 10.0 Å². The highest BCUT2D eigenvalue weighted by Crippen LogP contribution is 2.21. The molecule has 28 heavy (non-hydrogen) atoms. The molecule has 144 valence electrons. The number of amides is 1. The van der Waals surface area contributed by atoms with Crippen LogP contribution in [0.5, 0.6) is 0 Å². The first-order valence-corrected chi connectivity index (χ1v) is 10.2. The highest BCUT2D eigenvalue weighted by molar-refractivity contribution is 7.92. The van der Waals surface area contributed by atoms with E-state index in [0.717, 1.165) is 11.3 Å². The molecule has 0 aliphatic heterocycles. The minimum Gasteiger partial charge on any atom is -0.346 e. The van der Waals surface area contributed by atoms with Crippen LogP contribution in [0, 0.1) is 13.8 Å². The maximum absolute atomic E-state index is 12.7. The van der Waals surface area contributed by atoms with Gasteiger partial charge in [-0.1, -0.05) is 24.3 Å². The zero-order chi connectivity index (χ0) is 20.1. The number of hydrogen-bond donors (Lipinski definition) is 2. The number of nitrogens with one attached hydrogen (secondary N) is 2. The molecule has 2 N–H and O–H groups in total. The van der Waals surface area contributed by atoms with Gasteiger partial charge in [-0.3, -0.25) is 14.5 Å². The molecule has 0 spiro atoms. The third-order valence-corrected chi connectivity index (χ3v) is 5.69. The summed E-state index contributed by atoms with van der Waals surface area (Å²) in [5.74, 6) is -0.307. The molecule has 0 bridgehead atoms. The van der Waals surface area contributed by atoms with Crippen molar-refractivity contribution in [1.29, 1.82) is 0 Å². The van der Waals surface area contributed by atoms with Crippen molar-refractivity contribution in [2.45, 2.75) is 25.3 Å². The summed E-state index contributed by atoms with van der Waals surface area (Å²) in [5, 5.41) is 2.77. The summed E-state index contributed by atoms with van der Waals surface area (Å²) in [5.41, 5.74) is 2.93. The van der Waals surface area contributed by atoms with Crippen LogP contribution in [0.2, 0.25) is 0 Å². The Labute approximate surface area is 164 Å². The summed E-state index contributed by atoms with van der Waals surface area (Å²) >= 11 is 0. The van der Waals surface area contributed by atoms with E-state index in [1.807, 2.05) is 25.1 Å². The monoisotopic (exact) mass is 395 g/mol. The van der Waals surface area contributed by atoms with Crippen molar-refractivity contribution in [3.8, 4) is 0 Å². The van der Waals surface area contributed by atoms with Gasteiger partial charge in [-0.25, -0.2) is 8.42 Å². The van der Waals surface area contributed by atoms with E-state index in [9.17, 15) is 13.2 Å². The Morgan fingerprint density at radius 1 is 1.00 bits per heavy atom. The molecule has 1 heterocycles. The molecule has 1 aromatic heterocycles. The second-order valence-electron chi connectivity index (χ2n) is 6.46. The quantitative estimate of drug-likeness (QED) is 0.669. The van der Waals surface area contributed by atoms with Crippen molar-refractivity contribution in [1.82, 2.24) is 10.3 Å². The Morgan fingerprint density at radius 2 is 1.82 bits per heavy atom. The number of benzene rings is 2. The van der Waals surface area contributed by atoms with E-state index in [-0.39, 0.29) is 17.3 Å². The van der Waals surface area contributed by atoms with Gasteiger partial charge >= 0.3 is 0 Å². The highest BCUT2D eigenvalue weighted by Gasteiger charge is 2.18. The standard InChI is InChI=1S/C21H21N3O3S/c1-15-9-10-16(2)20(12-15)28(26,27)24-18-8-5-6-17(13-18)21(25)23-14-19-7-3-4-11-22-19/h3-13,24H,14H2,1-2H3,(H,23,25). The summed E-state index contributed by atoms with van der Waals surface area (Å²) in [6.45, 7) is 3.87. The lowest BCUT2D eigenvalue weighted by molar-refractivity contribution is 0.0950. The molecule has 0 aliphatic carbocycles. The van der Waals surface area contributed by atoms with Crippen molar-refractivity contribution < 1.29 is 13.2 Å². The molecule has 1 amide bonds. The van der Waals surface area contributed by atoms with Crippen molar-refractivity contribution in [2.75, 3.05) is 4.72 Å². The zero-order valence-electron chi connectivity index (χ0n) is 15.6. The Balaban J connectivity index is 1.75. The number of carbonyl (C=O) groups excluding carboxylic acids is 1. The Hall–Kier alpha value is -3.19. The minimum absolute atomic E-state index is 0.220. The summed E-state index contributed by atoms with van der Waals surface area (Å²) in [7, 11) is -3.76. The highest BCUT2D eigenvalue weighted by atomic mass is 32.2. The van der Waals surface area contributed by atoms with Gasteiger partial charge in [-0.2, -0.15) is 0 Å². The third-order valence-electron chi connectivity index (χ3n) is 4.17. The number of aromatic nitrogens is 1. The SMILES string of the molecule is Cc1ccc(C)c(S(=O)(=O)Nc2cccc(C(=O)NCc3ccccn3)c2)c1. The molecule has 0 saturated carbocycles. The molecule has 6 nitrogen and oxygen atoms in total. The lowest BCUT2D eigenvalue weighted by atomic mass is 10.2. The average Bonchev–Trinajstić information content (AvgIpc) is 2.68. The van der Waals surface area contributed by atoms with Gasteiger partial charge in [0.25, 0.3) is 15.9 Å². The van der Waals surface area contributed by atoms with Crippen LogP contribution in [0.15, 0.2) is 71.8 Å². The summed E-state index contributed by atoms with van der Waals surface area (Å²) in [6, 6.07) is 17.1. The smallest absolute Gasteiger partial charge is 0.262 e. The molecule has 0 radical (unpaired) electrons. The van der Waals surface area contributed by atoms with Crippen molar-refractivity contribution in [2.24, 2.45) is 0 Å². The van der Waals surface area contributed by atoms with Gasteiger partial charge in [0, 0.05) is 17.4 Å². The van der Waals surface area contributed by atoms with Crippen LogP contribution in [0.3, 0.4) is 0 Å². The van der Waals surface area contributed by atoms with Crippen molar-refractivity contribution >= 4 is 21.6 Å². The van der Waals surface area contributed by atoms with E-state index in [0.29, 0.717) is 16.8 Å². The second kappa shape index (κ2) is 8.22. The van der Waals surface area contributed by atoms with Crippen LogP contribution in [-0.2, 0) is 16.6 Å². The third kappa shape index (κ3) is 4.75. The maximum atomic E-state index is 12.7. The predicted molar refractivity (Wildman–Crippen MR) is 109 cm³/mol. The fourth-order valence-corrected chi connectivity index (χ4v) is 4.09. The molecule has 0 saturated heterocycles. The summed E-state index contributed by atoms with van der Waals surface area (Å²) in [6.07, 6.45) is 1.66. The number of sulfonamides is 1. The maximum Gasteiger partial charge on any atom is 0.262 e. The molecule has 3 aromatic rings. The zero-order valence-corrected chi connectivity index (χ0v) is 16.5. The molecular formula is C21H21N3O3S. The number of rotatable bonds is 6. The van der Waals surface area contributed by atoms with Gasteiger partial charge in [-0.05, 0) is 61.4 Å². The van der Waals surface area contributed by atoms with Gasteiger partial charge in [-0.15, -0.1) is 0 Å². The van der Waals surface area contributed by atoms with Gasteiger partial charge in [0.2, 0.25) is 0 Å². The molecular weight excluding hydrogens is 374 g/mol. The number of pyridine rings is 1. The lowest BCUT2D eigenvalue weighted by Crippen LogP contribution is -2.23. The Morgan fingerprint density at radius 3 is 2.57 bits per heavy atom. The lowest BCUT2D eigenvalue weighted by Gasteiger charge is -2.12. The number of aryl methyl sites for hydroxylation is 2. The van der Waals surface area contributed by atoms with Crippen LogP contribution >= 0.6 is 0 Å². The Kier molecular flexibility index (Phi) is 5.75.